The molecule has 1 unspecified atom stereocenters. The smallest absolute Gasteiger partial charge is 0.334 e. The molecule has 96 valence electrons. The van der Waals surface area contributed by atoms with Crippen molar-refractivity contribution in [2.75, 3.05) is 19.8 Å². The minimum absolute atomic E-state index is 0.329. The Morgan fingerprint density at radius 2 is 1.62 bits per heavy atom. The maximum absolute atomic E-state index is 10.5. The summed E-state index contributed by atoms with van der Waals surface area (Å²) in [6.45, 7) is 5.26. The van der Waals surface area contributed by atoms with Crippen LogP contribution in [0.25, 0.3) is 0 Å². The first-order valence-corrected chi connectivity index (χ1v) is 5.14. The van der Waals surface area contributed by atoms with E-state index in [1.54, 1.807) is 20.8 Å². The molecule has 2 N–H and O–H groups in total. The number of hydrogen-bond donors (Lipinski definition) is 2. The number of ether oxygens (including phenoxy) is 2. The van der Waals surface area contributed by atoms with Gasteiger partial charge in [-0.3, -0.25) is 0 Å². The molecule has 6 nitrogen and oxygen atoms in total. The lowest BCUT2D eigenvalue weighted by Crippen LogP contribution is -2.21. The van der Waals surface area contributed by atoms with Crippen molar-refractivity contribution >= 4 is 11.9 Å². The molecule has 0 spiro atoms. The van der Waals surface area contributed by atoms with Gasteiger partial charge >= 0.3 is 11.9 Å². The molecule has 0 aliphatic carbocycles. The predicted molar refractivity (Wildman–Crippen MR) is 56.6 cm³/mol. The minimum atomic E-state index is -0.940. The lowest BCUT2D eigenvalue weighted by atomic mass is 10.3. The summed E-state index contributed by atoms with van der Waals surface area (Å²) in [5, 5.41) is 16.8. The Labute approximate surface area is 95.2 Å². The van der Waals surface area contributed by atoms with Crippen LogP contribution in [0, 0.1) is 0 Å². The number of hydrogen-bond acceptors (Lipinski definition) is 6. The second-order valence-corrected chi connectivity index (χ2v) is 2.64. The summed E-state index contributed by atoms with van der Waals surface area (Å²) in [7, 11) is 0. The second kappa shape index (κ2) is 11.9. The molecule has 0 radical (unpaired) electrons. The first-order chi connectivity index (χ1) is 7.53. The van der Waals surface area contributed by atoms with Crippen LogP contribution in [0.5, 0.6) is 0 Å². The Hall–Kier alpha value is -1.14. The highest BCUT2D eigenvalue weighted by molar-refractivity contribution is 5.74. The van der Waals surface area contributed by atoms with Gasteiger partial charge in [0, 0.05) is 0 Å². The summed E-state index contributed by atoms with van der Waals surface area (Å²) in [6.07, 6.45) is -0.524. The molecule has 0 saturated carbocycles. The zero-order valence-corrected chi connectivity index (χ0v) is 9.93. The van der Waals surface area contributed by atoms with E-state index in [2.05, 4.69) is 9.47 Å². The van der Waals surface area contributed by atoms with E-state index in [1.165, 1.54) is 0 Å². The third kappa shape index (κ3) is 10.9. The highest BCUT2D eigenvalue weighted by atomic mass is 16.5. The Balaban J connectivity index is 0. The molecule has 0 aliphatic rings. The second-order valence-electron chi connectivity index (χ2n) is 2.64. The largest absolute Gasteiger partial charge is 0.464 e. The van der Waals surface area contributed by atoms with Gasteiger partial charge in [0.1, 0.15) is 6.61 Å². The van der Waals surface area contributed by atoms with E-state index in [4.69, 9.17) is 10.2 Å². The standard InChI is InChI=1S/C6H12O3.C4H8O3/c1-3-5(7)6(8)9-4-2;1-2-7-4(6)3-5/h5,7H,3-4H2,1-2H3;5H,2-3H2,1H3. The van der Waals surface area contributed by atoms with E-state index in [0.717, 1.165) is 0 Å². The van der Waals surface area contributed by atoms with Crippen molar-refractivity contribution < 1.29 is 29.3 Å². The molecule has 0 fully saturated rings. The van der Waals surface area contributed by atoms with Gasteiger partial charge in [0.25, 0.3) is 0 Å². The highest BCUT2D eigenvalue weighted by Gasteiger charge is 2.11. The van der Waals surface area contributed by atoms with Crippen molar-refractivity contribution in [1.29, 1.82) is 0 Å². The molecule has 0 bridgehead atoms. The van der Waals surface area contributed by atoms with Crippen molar-refractivity contribution in [3.8, 4) is 0 Å². The van der Waals surface area contributed by atoms with E-state index in [0.29, 0.717) is 19.6 Å². The molecule has 0 heterocycles. The fourth-order valence-corrected chi connectivity index (χ4v) is 0.612. The molecule has 0 saturated heterocycles. The lowest BCUT2D eigenvalue weighted by molar-refractivity contribution is -0.153. The number of rotatable bonds is 5. The Morgan fingerprint density at radius 1 is 1.12 bits per heavy atom. The van der Waals surface area contributed by atoms with Gasteiger partial charge in [-0.05, 0) is 20.3 Å². The first-order valence-electron chi connectivity index (χ1n) is 5.14. The van der Waals surface area contributed by atoms with E-state index in [9.17, 15) is 9.59 Å². The third-order valence-corrected chi connectivity index (χ3v) is 1.38. The van der Waals surface area contributed by atoms with Crippen LogP contribution < -0.4 is 0 Å². The van der Waals surface area contributed by atoms with E-state index < -0.39 is 24.6 Å². The molecule has 0 aliphatic heterocycles. The van der Waals surface area contributed by atoms with Crippen LogP contribution in [-0.2, 0) is 19.1 Å². The number of esters is 2. The number of aliphatic hydroxyl groups is 2. The molecular weight excluding hydrogens is 216 g/mol. The van der Waals surface area contributed by atoms with Crippen molar-refractivity contribution in [3.05, 3.63) is 0 Å². The molecule has 0 aromatic rings. The van der Waals surface area contributed by atoms with Gasteiger partial charge in [0.05, 0.1) is 13.2 Å². The Bertz CT molecular complexity index is 192. The van der Waals surface area contributed by atoms with Crippen LogP contribution >= 0.6 is 0 Å². The molecule has 16 heavy (non-hydrogen) atoms. The van der Waals surface area contributed by atoms with Crippen LogP contribution in [0.1, 0.15) is 27.2 Å². The van der Waals surface area contributed by atoms with Crippen LogP contribution in [0.4, 0.5) is 0 Å². The summed E-state index contributed by atoms with van der Waals surface area (Å²) in [5.41, 5.74) is 0. The fourth-order valence-electron chi connectivity index (χ4n) is 0.612. The molecule has 1 atom stereocenters. The Kier molecular flexibility index (Phi) is 12.9. The van der Waals surface area contributed by atoms with Gasteiger partial charge in [-0.2, -0.15) is 0 Å². The van der Waals surface area contributed by atoms with E-state index >= 15 is 0 Å². The van der Waals surface area contributed by atoms with Gasteiger partial charge < -0.3 is 19.7 Å². The van der Waals surface area contributed by atoms with Crippen molar-refractivity contribution in [1.82, 2.24) is 0 Å². The number of carbonyl (C=O) groups is 2. The maximum Gasteiger partial charge on any atom is 0.334 e. The van der Waals surface area contributed by atoms with Gasteiger partial charge in [-0.25, -0.2) is 9.59 Å². The average Bonchev–Trinajstić information content (AvgIpc) is 2.29. The van der Waals surface area contributed by atoms with E-state index in [1.807, 2.05) is 0 Å². The predicted octanol–water partition coefficient (Wildman–Crippen LogP) is -0.138. The first kappa shape index (κ1) is 17.3. The van der Waals surface area contributed by atoms with Gasteiger partial charge in [-0.1, -0.05) is 6.92 Å². The summed E-state index contributed by atoms with van der Waals surface area (Å²) in [5.74, 6) is -1.09. The molecule has 6 heteroatoms. The highest BCUT2D eigenvalue weighted by Crippen LogP contribution is 1.92. The summed E-state index contributed by atoms with van der Waals surface area (Å²) in [6, 6.07) is 0. The average molecular weight is 236 g/mol. The molecule has 0 amide bonds. The zero-order valence-electron chi connectivity index (χ0n) is 9.93. The zero-order chi connectivity index (χ0) is 13.0. The summed E-state index contributed by atoms with van der Waals surface area (Å²) >= 11 is 0. The van der Waals surface area contributed by atoms with Crippen LogP contribution in [0.3, 0.4) is 0 Å². The molecule has 0 aromatic carbocycles. The number of carbonyl (C=O) groups excluding carboxylic acids is 2. The van der Waals surface area contributed by atoms with Crippen molar-refractivity contribution in [2.24, 2.45) is 0 Å². The summed E-state index contributed by atoms with van der Waals surface area (Å²) in [4.78, 5) is 20.4. The van der Waals surface area contributed by atoms with E-state index in [-0.39, 0.29) is 0 Å². The van der Waals surface area contributed by atoms with Gasteiger partial charge in [0.15, 0.2) is 6.10 Å². The maximum atomic E-state index is 10.5. The minimum Gasteiger partial charge on any atom is -0.464 e. The molecular formula is C10H20O6. The normalized spacial score (nSPS) is 10.8. The topological polar surface area (TPSA) is 93.1 Å². The SMILES string of the molecule is CCOC(=O)C(O)CC.CCOC(=O)CO. The number of aliphatic hydroxyl groups excluding tert-OH is 2. The monoisotopic (exact) mass is 236 g/mol. The van der Waals surface area contributed by atoms with Crippen molar-refractivity contribution in [3.63, 3.8) is 0 Å². The lowest BCUT2D eigenvalue weighted by Gasteiger charge is -2.04. The van der Waals surface area contributed by atoms with Gasteiger partial charge in [0.2, 0.25) is 0 Å². The van der Waals surface area contributed by atoms with Gasteiger partial charge in [-0.15, -0.1) is 0 Å². The summed E-state index contributed by atoms with van der Waals surface area (Å²) < 4.78 is 8.81. The quantitative estimate of drug-likeness (QED) is 0.645. The third-order valence-electron chi connectivity index (χ3n) is 1.38. The Morgan fingerprint density at radius 3 is 1.88 bits per heavy atom. The van der Waals surface area contributed by atoms with Crippen LogP contribution in [-0.4, -0.2) is 48.1 Å². The molecule has 0 aromatic heterocycles. The van der Waals surface area contributed by atoms with Crippen molar-refractivity contribution in [2.45, 2.75) is 33.3 Å². The van der Waals surface area contributed by atoms with Crippen LogP contribution in [0.15, 0.2) is 0 Å². The molecule has 0 rings (SSSR count). The van der Waals surface area contributed by atoms with Crippen LogP contribution in [0.2, 0.25) is 0 Å². The fraction of sp³-hybridized carbons (Fsp3) is 0.800.